The average molecular weight is 403 g/mol. The molecule has 0 fully saturated rings. The lowest BCUT2D eigenvalue weighted by Gasteiger charge is -2.12. The SMILES string of the molecule is COCC(=O)NCc1nc2ccccc2n1CCCOc1cccc2ccccc12. The molecule has 0 saturated carbocycles. The number of aryl methyl sites for hydroxylation is 1. The van der Waals surface area contributed by atoms with Crippen molar-refractivity contribution in [2.75, 3.05) is 20.3 Å². The van der Waals surface area contributed by atoms with E-state index in [1.54, 1.807) is 0 Å². The van der Waals surface area contributed by atoms with Crippen LogP contribution in [0, 0.1) is 0 Å². The van der Waals surface area contributed by atoms with Gasteiger partial charge in [0.25, 0.3) is 0 Å². The Kier molecular flexibility index (Phi) is 6.25. The van der Waals surface area contributed by atoms with Gasteiger partial charge in [0, 0.05) is 19.0 Å². The minimum absolute atomic E-state index is 0.0408. The molecule has 0 aliphatic rings. The zero-order valence-corrected chi connectivity index (χ0v) is 17.0. The molecule has 6 nitrogen and oxygen atoms in total. The fraction of sp³-hybridized carbons (Fsp3) is 0.250. The van der Waals surface area contributed by atoms with Crippen LogP contribution in [0.15, 0.2) is 66.7 Å². The topological polar surface area (TPSA) is 65.4 Å². The molecular formula is C24H25N3O3. The van der Waals surface area contributed by atoms with E-state index in [0.29, 0.717) is 13.2 Å². The summed E-state index contributed by atoms with van der Waals surface area (Å²) >= 11 is 0. The second kappa shape index (κ2) is 9.41. The maximum atomic E-state index is 11.8. The largest absolute Gasteiger partial charge is 0.493 e. The highest BCUT2D eigenvalue weighted by atomic mass is 16.5. The monoisotopic (exact) mass is 403 g/mol. The Morgan fingerprint density at radius 3 is 2.73 bits per heavy atom. The number of benzene rings is 3. The summed E-state index contributed by atoms with van der Waals surface area (Å²) in [5.74, 6) is 1.57. The van der Waals surface area contributed by atoms with Gasteiger partial charge in [-0.1, -0.05) is 48.5 Å². The van der Waals surface area contributed by atoms with Gasteiger partial charge in [0.1, 0.15) is 18.2 Å². The molecular weight excluding hydrogens is 378 g/mol. The van der Waals surface area contributed by atoms with Gasteiger partial charge < -0.3 is 19.4 Å². The highest BCUT2D eigenvalue weighted by molar-refractivity contribution is 5.88. The van der Waals surface area contributed by atoms with E-state index in [-0.39, 0.29) is 12.5 Å². The zero-order chi connectivity index (χ0) is 20.8. The van der Waals surface area contributed by atoms with Crippen LogP contribution in [0.25, 0.3) is 21.8 Å². The minimum atomic E-state index is -0.157. The number of aromatic nitrogens is 2. The fourth-order valence-electron chi connectivity index (χ4n) is 3.60. The first-order valence-corrected chi connectivity index (χ1v) is 10.1. The quantitative estimate of drug-likeness (QED) is 0.430. The number of methoxy groups -OCH3 is 1. The number of rotatable bonds is 9. The highest BCUT2D eigenvalue weighted by Gasteiger charge is 2.11. The minimum Gasteiger partial charge on any atom is -0.493 e. The first-order chi connectivity index (χ1) is 14.8. The predicted octanol–water partition coefficient (Wildman–Crippen LogP) is 3.92. The number of fused-ring (bicyclic) bond motifs is 2. The Balaban J connectivity index is 1.44. The molecule has 0 unspecified atom stereocenters. The van der Waals surface area contributed by atoms with Gasteiger partial charge in [0.15, 0.2) is 0 Å². The van der Waals surface area contributed by atoms with Crippen molar-refractivity contribution in [1.82, 2.24) is 14.9 Å². The summed E-state index contributed by atoms with van der Waals surface area (Å²) in [6, 6.07) is 22.3. The van der Waals surface area contributed by atoms with Crippen LogP contribution in [0.5, 0.6) is 5.75 Å². The lowest BCUT2D eigenvalue weighted by atomic mass is 10.1. The van der Waals surface area contributed by atoms with Crippen LogP contribution in [0.3, 0.4) is 0 Å². The first-order valence-electron chi connectivity index (χ1n) is 10.1. The Bertz CT molecular complexity index is 1150. The van der Waals surface area contributed by atoms with Crippen LogP contribution < -0.4 is 10.1 Å². The Morgan fingerprint density at radius 2 is 1.83 bits per heavy atom. The van der Waals surface area contributed by atoms with E-state index in [1.807, 2.05) is 48.5 Å². The third-order valence-electron chi connectivity index (χ3n) is 4.99. The molecule has 6 heteroatoms. The number of carbonyl (C=O) groups excluding carboxylic acids is 1. The number of carbonyl (C=O) groups is 1. The summed E-state index contributed by atoms with van der Waals surface area (Å²) in [6.45, 7) is 1.75. The lowest BCUT2D eigenvalue weighted by molar-refractivity contribution is -0.124. The number of nitrogens with zero attached hydrogens (tertiary/aromatic N) is 2. The normalized spacial score (nSPS) is 11.1. The Morgan fingerprint density at radius 1 is 1.03 bits per heavy atom. The second-order valence-corrected chi connectivity index (χ2v) is 7.06. The molecule has 4 aromatic rings. The molecule has 0 aliphatic carbocycles. The van der Waals surface area contributed by atoms with E-state index in [4.69, 9.17) is 9.47 Å². The molecule has 0 aliphatic heterocycles. The lowest BCUT2D eigenvalue weighted by Crippen LogP contribution is -2.28. The van der Waals surface area contributed by atoms with Crippen LogP contribution >= 0.6 is 0 Å². The van der Waals surface area contributed by atoms with Gasteiger partial charge in [-0.2, -0.15) is 0 Å². The molecule has 3 aromatic carbocycles. The van der Waals surface area contributed by atoms with Gasteiger partial charge in [0.2, 0.25) is 5.91 Å². The van der Waals surface area contributed by atoms with Gasteiger partial charge >= 0.3 is 0 Å². The van der Waals surface area contributed by atoms with Crippen molar-refractivity contribution in [1.29, 1.82) is 0 Å². The number of imidazole rings is 1. The molecule has 1 amide bonds. The smallest absolute Gasteiger partial charge is 0.246 e. The molecule has 0 saturated heterocycles. The van der Waals surface area contributed by atoms with Crippen molar-refractivity contribution in [2.24, 2.45) is 0 Å². The fourth-order valence-corrected chi connectivity index (χ4v) is 3.60. The number of hydrogen-bond donors (Lipinski definition) is 1. The number of nitrogens with one attached hydrogen (secondary N) is 1. The predicted molar refractivity (Wildman–Crippen MR) is 118 cm³/mol. The van der Waals surface area contributed by atoms with Crippen molar-refractivity contribution in [3.63, 3.8) is 0 Å². The Labute approximate surface area is 175 Å². The molecule has 0 atom stereocenters. The van der Waals surface area contributed by atoms with E-state index in [2.05, 4.69) is 33.1 Å². The van der Waals surface area contributed by atoms with Crippen molar-refractivity contribution in [3.05, 3.63) is 72.6 Å². The van der Waals surface area contributed by atoms with Crippen molar-refractivity contribution in [2.45, 2.75) is 19.5 Å². The van der Waals surface area contributed by atoms with Crippen LogP contribution in [0.1, 0.15) is 12.2 Å². The number of ether oxygens (including phenoxy) is 2. The van der Waals surface area contributed by atoms with Crippen LogP contribution in [-0.2, 0) is 22.6 Å². The van der Waals surface area contributed by atoms with Crippen LogP contribution in [0.4, 0.5) is 0 Å². The van der Waals surface area contributed by atoms with E-state index in [1.165, 1.54) is 12.5 Å². The van der Waals surface area contributed by atoms with Crippen LogP contribution in [0.2, 0.25) is 0 Å². The Hall–Kier alpha value is -3.38. The van der Waals surface area contributed by atoms with E-state index < -0.39 is 0 Å². The summed E-state index contributed by atoms with van der Waals surface area (Å²) in [5, 5.41) is 5.15. The van der Waals surface area contributed by atoms with Crippen molar-refractivity contribution in [3.8, 4) is 5.75 Å². The summed E-state index contributed by atoms with van der Waals surface area (Å²) in [6.07, 6.45) is 0.822. The third kappa shape index (κ3) is 4.44. The van der Waals surface area contributed by atoms with Gasteiger partial charge in [-0.25, -0.2) is 4.98 Å². The maximum Gasteiger partial charge on any atom is 0.246 e. The summed E-state index contributed by atoms with van der Waals surface area (Å²) < 4.78 is 13.1. The van der Waals surface area contributed by atoms with E-state index >= 15 is 0 Å². The number of para-hydroxylation sites is 2. The first kappa shape index (κ1) is 19.9. The number of hydrogen-bond acceptors (Lipinski definition) is 4. The molecule has 1 aromatic heterocycles. The van der Waals surface area contributed by atoms with Gasteiger partial charge in [-0.15, -0.1) is 0 Å². The highest BCUT2D eigenvalue weighted by Crippen LogP contribution is 2.25. The zero-order valence-electron chi connectivity index (χ0n) is 17.0. The molecule has 154 valence electrons. The standard InChI is InChI=1S/C24H25N3O3/c1-29-17-24(28)25-16-23-26-20-11-4-5-12-21(20)27(23)14-7-15-30-22-13-6-9-18-8-2-3-10-19(18)22/h2-6,8-13H,7,14-17H2,1H3,(H,25,28). The summed E-state index contributed by atoms with van der Waals surface area (Å²) in [5.41, 5.74) is 1.97. The third-order valence-corrected chi connectivity index (χ3v) is 4.99. The van der Waals surface area contributed by atoms with Crippen molar-refractivity contribution >= 4 is 27.7 Å². The average Bonchev–Trinajstić information content (AvgIpc) is 3.13. The molecule has 0 bridgehead atoms. The molecule has 4 rings (SSSR count). The molecule has 1 N–H and O–H groups in total. The van der Waals surface area contributed by atoms with Gasteiger partial charge in [0.05, 0.1) is 24.2 Å². The van der Waals surface area contributed by atoms with Crippen LogP contribution in [-0.4, -0.2) is 35.8 Å². The summed E-state index contributed by atoms with van der Waals surface area (Å²) in [7, 11) is 1.50. The maximum absolute atomic E-state index is 11.8. The van der Waals surface area contributed by atoms with Gasteiger partial charge in [-0.3, -0.25) is 4.79 Å². The molecule has 30 heavy (non-hydrogen) atoms. The van der Waals surface area contributed by atoms with Crippen molar-refractivity contribution < 1.29 is 14.3 Å². The summed E-state index contributed by atoms with van der Waals surface area (Å²) in [4.78, 5) is 16.5. The van der Waals surface area contributed by atoms with Gasteiger partial charge in [-0.05, 0) is 30.0 Å². The number of amides is 1. The molecule has 0 spiro atoms. The second-order valence-electron chi connectivity index (χ2n) is 7.06. The van der Waals surface area contributed by atoms with E-state index in [9.17, 15) is 4.79 Å². The molecule has 0 radical (unpaired) electrons. The van der Waals surface area contributed by atoms with E-state index in [0.717, 1.165) is 41.0 Å². The molecule has 1 heterocycles.